The molecule has 1 fully saturated rings. The molecule has 0 spiro atoms. The summed E-state index contributed by atoms with van der Waals surface area (Å²) < 4.78 is 13.2. The molecule has 0 heterocycles. The Kier molecular flexibility index (Phi) is 5.47. The first-order valence-corrected chi connectivity index (χ1v) is 8.08. The van der Waals surface area contributed by atoms with Crippen LogP contribution in [0.15, 0.2) is 16.6 Å². The lowest BCUT2D eigenvalue weighted by Gasteiger charge is -2.43. The van der Waals surface area contributed by atoms with E-state index in [1.807, 2.05) is 7.05 Å². The monoisotopic (exact) mass is 341 g/mol. The zero-order chi connectivity index (χ0) is 14.7. The highest BCUT2D eigenvalue weighted by molar-refractivity contribution is 9.10. The minimum absolute atomic E-state index is 0.152. The van der Waals surface area contributed by atoms with E-state index in [0.29, 0.717) is 6.04 Å². The molecule has 1 aliphatic carbocycles. The van der Waals surface area contributed by atoms with Gasteiger partial charge < -0.3 is 14.8 Å². The van der Waals surface area contributed by atoms with Crippen molar-refractivity contribution in [1.29, 1.82) is 0 Å². The Bertz CT molecular complexity index is 441. The van der Waals surface area contributed by atoms with Gasteiger partial charge in [-0.05, 0) is 50.6 Å². The predicted octanol–water partition coefficient (Wildman–Crippen LogP) is 3.60. The number of nitrogens with one attached hydrogen (secondary N) is 1. The van der Waals surface area contributed by atoms with Crippen molar-refractivity contribution in [1.82, 2.24) is 5.32 Å². The van der Waals surface area contributed by atoms with E-state index in [-0.39, 0.29) is 12.2 Å². The van der Waals surface area contributed by atoms with E-state index in [2.05, 4.69) is 54.2 Å². The van der Waals surface area contributed by atoms with Gasteiger partial charge in [-0.1, -0.05) is 22.9 Å². The molecule has 1 aliphatic rings. The topological polar surface area (TPSA) is 30.5 Å². The SMILES string of the molecule is CCCOC1C(NC)CC1Oc1cc(C)c(Br)c(C)c1. The molecule has 0 bridgehead atoms. The van der Waals surface area contributed by atoms with Crippen LogP contribution in [-0.4, -0.2) is 31.9 Å². The fourth-order valence-corrected chi connectivity index (χ4v) is 2.83. The van der Waals surface area contributed by atoms with Gasteiger partial charge in [-0.15, -0.1) is 0 Å². The average molecular weight is 342 g/mol. The zero-order valence-electron chi connectivity index (χ0n) is 12.7. The number of hydrogen-bond acceptors (Lipinski definition) is 3. The Labute approximate surface area is 130 Å². The van der Waals surface area contributed by atoms with Gasteiger partial charge >= 0.3 is 0 Å². The van der Waals surface area contributed by atoms with E-state index in [0.717, 1.165) is 29.7 Å². The van der Waals surface area contributed by atoms with Crippen molar-refractivity contribution in [2.45, 2.75) is 51.9 Å². The van der Waals surface area contributed by atoms with Gasteiger partial charge in [0.2, 0.25) is 0 Å². The van der Waals surface area contributed by atoms with Gasteiger partial charge in [0.1, 0.15) is 18.0 Å². The second-order valence-corrected chi connectivity index (χ2v) is 6.29. The highest BCUT2D eigenvalue weighted by Gasteiger charge is 2.43. The molecular weight excluding hydrogens is 318 g/mol. The number of rotatable bonds is 6. The lowest BCUT2D eigenvalue weighted by Crippen LogP contribution is -2.60. The molecule has 0 radical (unpaired) electrons. The molecule has 1 saturated carbocycles. The largest absolute Gasteiger partial charge is 0.488 e. The summed E-state index contributed by atoms with van der Waals surface area (Å²) in [5.41, 5.74) is 2.41. The minimum Gasteiger partial charge on any atom is -0.488 e. The quantitative estimate of drug-likeness (QED) is 0.857. The Morgan fingerprint density at radius 2 is 1.95 bits per heavy atom. The summed E-state index contributed by atoms with van der Waals surface area (Å²) in [5, 5.41) is 3.30. The van der Waals surface area contributed by atoms with Crippen LogP contribution in [0.1, 0.15) is 30.9 Å². The Morgan fingerprint density at radius 3 is 2.50 bits per heavy atom. The summed E-state index contributed by atoms with van der Waals surface area (Å²) in [6.45, 7) is 7.10. The number of likely N-dealkylation sites (N-methyl/N-ethyl adjacent to an activating group) is 1. The molecule has 1 aromatic rings. The van der Waals surface area contributed by atoms with Crippen LogP contribution in [0.3, 0.4) is 0 Å². The fraction of sp³-hybridized carbons (Fsp3) is 0.625. The number of aryl methyl sites for hydroxylation is 2. The molecule has 4 heteroatoms. The third-order valence-corrected chi connectivity index (χ3v) is 5.08. The zero-order valence-corrected chi connectivity index (χ0v) is 14.3. The summed E-state index contributed by atoms with van der Waals surface area (Å²) in [4.78, 5) is 0. The van der Waals surface area contributed by atoms with E-state index in [9.17, 15) is 0 Å². The molecule has 20 heavy (non-hydrogen) atoms. The maximum absolute atomic E-state index is 6.12. The average Bonchev–Trinajstić information content (AvgIpc) is 2.40. The van der Waals surface area contributed by atoms with Crippen LogP contribution >= 0.6 is 15.9 Å². The van der Waals surface area contributed by atoms with Gasteiger partial charge in [0.15, 0.2) is 0 Å². The second kappa shape index (κ2) is 6.92. The highest BCUT2D eigenvalue weighted by atomic mass is 79.9. The van der Waals surface area contributed by atoms with Crippen LogP contribution in [0.2, 0.25) is 0 Å². The van der Waals surface area contributed by atoms with E-state index >= 15 is 0 Å². The van der Waals surface area contributed by atoms with Crippen molar-refractivity contribution in [2.24, 2.45) is 0 Å². The third-order valence-electron chi connectivity index (χ3n) is 3.83. The van der Waals surface area contributed by atoms with Gasteiger partial charge in [-0.3, -0.25) is 0 Å². The number of benzene rings is 1. The second-order valence-electron chi connectivity index (χ2n) is 5.49. The standard InChI is InChI=1S/C16H24BrNO2/c1-5-6-19-16-13(18-4)9-14(16)20-12-7-10(2)15(17)11(3)8-12/h7-8,13-14,16,18H,5-6,9H2,1-4H3. The van der Waals surface area contributed by atoms with Gasteiger partial charge in [0.25, 0.3) is 0 Å². The smallest absolute Gasteiger partial charge is 0.128 e. The third kappa shape index (κ3) is 3.35. The summed E-state index contributed by atoms with van der Waals surface area (Å²) in [5.74, 6) is 0.938. The molecule has 1 aromatic carbocycles. The maximum atomic E-state index is 6.12. The van der Waals surface area contributed by atoms with Crippen molar-refractivity contribution in [3.05, 3.63) is 27.7 Å². The first-order chi connectivity index (χ1) is 9.56. The molecular formula is C16H24BrNO2. The van der Waals surface area contributed by atoms with Crippen LogP contribution in [0.5, 0.6) is 5.75 Å². The molecule has 3 unspecified atom stereocenters. The maximum Gasteiger partial charge on any atom is 0.128 e. The first kappa shape index (κ1) is 15.8. The van der Waals surface area contributed by atoms with E-state index in [1.165, 1.54) is 11.1 Å². The molecule has 0 aromatic heterocycles. The molecule has 3 nitrogen and oxygen atoms in total. The molecule has 0 saturated heterocycles. The summed E-state index contributed by atoms with van der Waals surface area (Å²) >= 11 is 3.59. The predicted molar refractivity (Wildman–Crippen MR) is 85.5 cm³/mol. The fourth-order valence-electron chi connectivity index (χ4n) is 2.61. The van der Waals surface area contributed by atoms with Gasteiger partial charge in [-0.2, -0.15) is 0 Å². The van der Waals surface area contributed by atoms with Crippen LogP contribution in [0.25, 0.3) is 0 Å². The molecule has 0 aliphatic heterocycles. The Balaban J connectivity index is 2.02. The van der Waals surface area contributed by atoms with E-state index in [4.69, 9.17) is 9.47 Å². The summed E-state index contributed by atoms with van der Waals surface area (Å²) in [6.07, 6.45) is 2.35. The lowest BCUT2D eigenvalue weighted by atomic mass is 9.85. The van der Waals surface area contributed by atoms with Crippen LogP contribution in [0, 0.1) is 13.8 Å². The molecule has 3 atom stereocenters. The number of hydrogen-bond donors (Lipinski definition) is 1. The lowest BCUT2D eigenvalue weighted by molar-refractivity contribution is -0.106. The van der Waals surface area contributed by atoms with Crippen molar-refractivity contribution < 1.29 is 9.47 Å². The molecule has 1 N–H and O–H groups in total. The van der Waals surface area contributed by atoms with Crippen LogP contribution < -0.4 is 10.1 Å². The van der Waals surface area contributed by atoms with Gasteiger partial charge in [0.05, 0.1) is 0 Å². The number of ether oxygens (including phenoxy) is 2. The van der Waals surface area contributed by atoms with Crippen molar-refractivity contribution in [2.75, 3.05) is 13.7 Å². The molecule has 2 rings (SSSR count). The van der Waals surface area contributed by atoms with E-state index < -0.39 is 0 Å². The van der Waals surface area contributed by atoms with E-state index in [1.54, 1.807) is 0 Å². The first-order valence-electron chi connectivity index (χ1n) is 7.29. The van der Waals surface area contributed by atoms with Crippen molar-refractivity contribution in [3.63, 3.8) is 0 Å². The summed E-state index contributed by atoms with van der Waals surface area (Å²) in [7, 11) is 1.98. The Morgan fingerprint density at radius 1 is 1.30 bits per heavy atom. The minimum atomic E-state index is 0.152. The highest BCUT2D eigenvalue weighted by Crippen LogP contribution is 2.32. The normalized spacial score (nSPS) is 25.4. The molecule has 0 amide bonds. The summed E-state index contributed by atoms with van der Waals surface area (Å²) in [6, 6.07) is 4.57. The van der Waals surface area contributed by atoms with Crippen molar-refractivity contribution >= 4 is 15.9 Å². The van der Waals surface area contributed by atoms with Gasteiger partial charge in [0, 0.05) is 23.5 Å². The van der Waals surface area contributed by atoms with Crippen LogP contribution in [-0.2, 0) is 4.74 Å². The molecule has 112 valence electrons. The van der Waals surface area contributed by atoms with Crippen LogP contribution in [0.4, 0.5) is 0 Å². The number of halogens is 1. The van der Waals surface area contributed by atoms with Gasteiger partial charge in [-0.25, -0.2) is 0 Å². The van der Waals surface area contributed by atoms with Crippen molar-refractivity contribution in [3.8, 4) is 5.75 Å². The Hall–Kier alpha value is -0.580.